The number of unbranched alkanes of at least 4 members (excludes halogenated alkanes) is 1. The first-order valence-corrected chi connectivity index (χ1v) is 7.94. The molecule has 120 valence electrons. The maximum Gasteiger partial charge on any atom is 0.356 e. The van der Waals surface area contributed by atoms with Crippen molar-refractivity contribution in [2.75, 3.05) is 13.7 Å². The van der Waals surface area contributed by atoms with Crippen LogP contribution in [0.4, 0.5) is 0 Å². The maximum absolute atomic E-state index is 11.9. The summed E-state index contributed by atoms with van der Waals surface area (Å²) >= 11 is 0. The fraction of sp³-hybridized carbons (Fsp3) is 0.333. The number of rotatable bonds is 6. The summed E-state index contributed by atoms with van der Waals surface area (Å²) in [5.41, 5.74) is 3.20. The molecule has 0 fully saturated rings. The Morgan fingerprint density at radius 3 is 2.91 bits per heavy atom. The number of ether oxygens (including phenoxy) is 1. The molecule has 0 aliphatic rings. The average Bonchev–Trinajstić information content (AvgIpc) is 2.96. The zero-order valence-electron chi connectivity index (χ0n) is 13.5. The number of carbonyl (C=O) groups excluding carboxylic acids is 1. The third kappa shape index (κ3) is 3.05. The van der Waals surface area contributed by atoms with Gasteiger partial charge in [-0.3, -0.25) is 0 Å². The number of methoxy groups -OCH3 is 1. The Hall–Kier alpha value is -2.40. The van der Waals surface area contributed by atoms with E-state index in [1.54, 1.807) is 6.07 Å². The zero-order chi connectivity index (χ0) is 16.2. The quantitative estimate of drug-likeness (QED) is 0.541. The second-order valence-electron chi connectivity index (χ2n) is 5.57. The number of nitrogens with zero attached hydrogens (tertiary/aromatic N) is 1. The van der Waals surface area contributed by atoms with E-state index in [9.17, 15) is 4.79 Å². The molecule has 1 aromatic carbocycles. The van der Waals surface area contributed by atoms with Gasteiger partial charge in [-0.25, -0.2) is 9.78 Å². The lowest BCUT2D eigenvalue weighted by Crippen LogP contribution is -2.17. The van der Waals surface area contributed by atoms with Crippen LogP contribution >= 0.6 is 0 Å². The number of benzene rings is 1. The van der Waals surface area contributed by atoms with Crippen LogP contribution in [0.5, 0.6) is 0 Å². The van der Waals surface area contributed by atoms with Gasteiger partial charge in [0, 0.05) is 22.8 Å². The summed E-state index contributed by atoms with van der Waals surface area (Å²) in [6.07, 6.45) is 2.26. The van der Waals surface area contributed by atoms with E-state index >= 15 is 0 Å². The van der Waals surface area contributed by atoms with E-state index in [1.165, 1.54) is 7.11 Å². The largest absolute Gasteiger partial charge is 0.464 e. The molecule has 0 saturated heterocycles. The highest BCUT2D eigenvalue weighted by molar-refractivity contribution is 6.09. The number of aromatic amines is 1. The van der Waals surface area contributed by atoms with Gasteiger partial charge in [0.1, 0.15) is 5.69 Å². The van der Waals surface area contributed by atoms with Gasteiger partial charge >= 0.3 is 5.97 Å². The molecule has 3 rings (SSSR count). The molecule has 0 aliphatic carbocycles. The van der Waals surface area contributed by atoms with Crippen LogP contribution in [0.2, 0.25) is 0 Å². The van der Waals surface area contributed by atoms with Crippen LogP contribution in [0.15, 0.2) is 30.3 Å². The Bertz CT molecular complexity index is 839. The van der Waals surface area contributed by atoms with E-state index in [0.717, 1.165) is 46.9 Å². The Kier molecular flexibility index (Phi) is 4.57. The van der Waals surface area contributed by atoms with Crippen LogP contribution in [0.3, 0.4) is 0 Å². The molecule has 23 heavy (non-hydrogen) atoms. The summed E-state index contributed by atoms with van der Waals surface area (Å²) < 4.78 is 4.84. The van der Waals surface area contributed by atoms with E-state index in [-0.39, 0.29) is 0 Å². The Balaban J connectivity index is 2.09. The van der Waals surface area contributed by atoms with E-state index in [1.807, 2.05) is 24.3 Å². The van der Waals surface area contributed by atoms with Crippen LogP contribution in [-0.2, 0) is 11.3 Å². The van der Waals surface area contributed by atoms with Crippen molar-refractivity contribution in [2.45, 2.75) is 26.3 Å². The highest BCUT2D eigenvalue weighted by Crippen LogP contribution is 2.27. The van der Waals surface area contributed by atoms with E-state index < -0.39 is 5.97 Å². The van der Waals surface area contributed by atoms with Gasteiger partial charge in [-0.2, -0.15) is 0 Å². The number of fused-ring (bicyclic) bond motifs is 3. The van der Waals surface area contributed by atoms with Gasteiger partial charge in [0.05, 0.1) is 18.3 Å². The smallest absolute Gasteiger partial charge is 0.356 e. The summed E-state index contributed by atoms with van der Waals surface area (Å²) in [5.74, 6) is -0.410. The number of H-pyrrole nitrogens is 1. The standard InChI is InChI=1S/C18H21N3O2/c1-3-4-9-19-11-16-17-13(10-15(20-16)18(22)23-2)12-7-5-6-8-14(12)21-17/h5-8,10,19,21H,3-4,9,11H2,1-2H3. The predicted octanol–water partition coefficient (Wildman–Crippen LogP) is 3.39. The van der Waals surface area contributed by atoms with Gasteiger partial charge < -0.3 is 15.0 Å². The van der Waals surface area contributed by atoms with Crippen molar-refractivity contribution < 1.29 is 9.53 Å². The van der Waals surface area contributed by atoms with E-state index in [2.05, 4.69) is 22.2 Å². The number of carbonyl (C=O) groups is 1. The summed E-state index contributed by atoms with van der Waals surface area (Å²) in [5, 5.41) is 5.48. The number of aromatic nitrogens is 2. The summed E-state index contributed by atoms with van der Waals surface area (Å²) in [7, 11) is 1.38. The Morgan fingerprint density at radius 1 is 1.30 bits per heavy atom. The summed E-state index contributed by atoms with van der Waals surface area (Å²) in [6.45, 7) is 3.71. The van der Waals surface area contributed by atoms with Gasteiger partial charge in [-0.15, -0.1) is 0 Å². The van der Waals surface area contributed by atoms with E-state index in [0.29, 0.717) is 12.2 Å². The van der Waals surface area contributed by atoms with Gasteiger partial charge in [-0.05, 0) is 25.1 Å². The van der Waals surface area contributed by atoms with Crippen molar-refractivity contribution in [1.29, 1.82) is 0 Å². The number of esters is 1. The second kappa shape index (κ2) is 6.79. The molecule has 0 spiro atoms. The molecular weight excluding hydrogens is 290 g/mol. The minimum atomic E-state index is -0.410. The van der Waals surface area contributed by atoms with Crippen molar-refractivity contribution in [3.05, 3.63) is 41.7 Å². The molecule has 0 amide bonds. The van der Waals surface area contributed by atoms with Crippen molar-refractivity contribution in [2.24, 2.45) is 0 Å². The van der Waals surface area contributed by atoms with Crippen molar-refractivity contribution >= 4 is 27.8 Å². The highest BCUT2D eigenvalue weighted by Gasteiger charge is 2.15. The minimum Gasteiger partial charge on any atom is -0.464 e. The Morgan fingerprint density at radius 2 is 2.13 bits per heavy atom. The molecule has 5 nitrogen and oxygen atoms in total. The second-order valence-corrected chi connectivity index (χ2v) is 5.57. The van der Waals surface area contributed by atoms with Gasteiger partial charge in [0.2, 0.25) is 0 Å². The number of hydrogen-bond acceptors (Lipinski definition) is 4. The lowest BCUT2D eigenvalue weighted by atomic mass is 10.1. The fourth-order valence-corrected chi connectivity index (χ4v) is 2.76. The first-order valence-electron chi connectivity index (χ1n) is 7.94. The molecule has 3 aromatic rings. The number of para-hydroxylation sites is 1. The predicted molar refractivity (Wildman–Crippen MR) is 91.6 cm³/mol. The first-order chi connectivity index (χ1) is 11.2. The maximum atomic E-state index is 11.9. The third-order valence-corrected chi connectivity index (χ3v) is 3.97. The normalized spacial score (nSPS) is 11.2. The van der Waals surface area contributed by atoms with Crippen LogP contribution in [0.1, 0.15) is 35.9 Å². The number of hydrogen-bond donors (Lipinski definition) is 2. The summed E-state index contributed by atoms with van der Waals surface area (Å²) in [6, 6.07) is 9.86. The monoisotopic (exact) mass is 311 g/mol. The van der Waals surface area contributed by atoms with Crippen LogP contribution < -0.4 is 5.32 Å². The molecule has 5 heteroatoms. The molecule has 0 aliphatic heterocycles. The van der Waals surface area contributed by atoms with Crippen molar-refractivity contribution in [3.63, 3.8) is 0 Å². The molecule has 0 unspecified atom stereocenters. The SMILES string of the molecule is CCCCNCc1nc(C(=O)OC)cc2c1[nH]c1ccccc12. The fourth-order valence-electron chi connectivity index (χ4n) is 2.76. The van der Waals surface area contributed by atoms with Crippen molar-refractivity contribution in [3.8, 4) is 0 Å². The summed E-state index contributed by atoms with van der Waals surface area (Å²) in [4.78, 5) is 19.8. The molecule has 0 saturated carbocycles. The number of pyridine rings is 1. The minimum absolute atomic E-state index is 0.344. The van der Waals surface area contributed by atoms with Crippen molar-refractivity contribution in [1.82, 2.24) is 15.3 Å². The average molecular weight is 311 g/mol. The first kappa shape index (κ1) is 15.5. The Labute approximate surface area is 135 Å². The van der Waals surface area contributed by atoms with Crippen LogP contribution in [0, 0.1) is 0 Å². The van der Waals surface area contributed by atoms with E-state index in [4.69, 9.17) is 4.74 Å². The van der Waals surface area contributed by atoms with Crippen LogP contribution in [0.25, 0.3) is 21.8 Å². The van der Waals surface area contributed by atoms with Gasteiger partial charge in [0.25, 0.3) is 0 Å². The third-order valence-electron chi connectivity index (χ3n) is 3.97. The molecule has 0 atom stereocenters. The van der Waals surface area contributed by atoms with Gasteiger partial charge in [0.15, 0.2) is 0 Å². The van der Waals surface area contributed by atoms with Crippen LogP contribution in [-0.4, -0.2) is 29.6 Å². The van der Waals surface area contributed by atoms with Gasteiger partial charge in [-0.1, -0.05) is 31.5 Å². The lowest BCUT2D eigenvalue weighted by Gasteiger charge is -2.07. The molecule has 2 N–H and O–H groups in total. The molecule has 2 aromatic heterocycles. The zero-order valence-corrected chi connectivity index (χ0v) is 13.5. The lowest BCUT2D eigenvalue weighted by molar-refractivity contribution is 0.0594. The molecule has 2 heterocycles. The molecular formula is C18H21N3O2. The topological polar surface area (TPSA) is 67.0 Å². The highest BCUT2D eigenvalue weighted by atomic mass is 16.5. The molecule has 0 radical (unpaired) electrons. The number of nitrogens with one attached hydrogen (secondary N) is 2. The molecule has 0 bridgehead atoms.